The Morgan fingerprint density at radius 2 is 0.840 bits per heavy atom. The summed E-state index contributed by atoms with van der Waals surface area (Å²) in [7, 11) is 0. The topological polar surface area (TPSA) is 25.8 Å². The normalized spacial score (nSPS) is 14.7. The third-order valence-corrected chi connectivity index (χ3v) is 11.6. The van der Waals surface area contributed by atoms with Crippen molar-refractivity contribution >= 4 is 21.5 Å². The van der Waals surface area contributed by atoms with Crippen LogP contribution in [0.5, 0.6) is 0 Å². The Labute approximate surface area is 293 Å². The molecule has 2 aromatic heterocycles. The van der Waals surface area contributed by atoms with E-state index in [2.05, 4.69) is 149 Å². The quantitative estimate of drug-likeness (QED) is 0.180. The van der Waals surface area contributed by atoms with Gasteiger partial charge in [0.25, 0.3) is 0 Å². The highest BCUT2D eigenvalue weighted by atomic mass is 14.7. The van der Waals surface area contributed by atoms with Crippen molar-refractivity contribution < 1.29 is 0 Å². The second-order valence-corrected chi connectivity index (χ2v) is 15.0. The molecule has 0 spiro atoms. The molecule has 0 atom stereocenters. The molecule has 2 aliphatic rings. The molecular weight excluding hydrogens is 605 g/mol. The molecule has 0 bridgehead atoms. The molecule has 10 rings (SSSR count). The number of pyridine rings is 2. The molecule has 2 nitrogen and oxygen atoms in total. The third-order valence-electron chi connectivity index (χ3n) is 11.6. The summed E-state index contributed by atoms with van der Waals surface area (Å²) in [6.45, 7) is 9.49. The molecule has 0 saturated heterocycles. The van der Waals surface area contributed by atoms with Gasteiger partial charge in [-0.05, 0) is 132 Å². The lowest BCUT2D eigenvalue weighted by Crippen LogP contribution is -2.15. The summed E-state index contributed by atoms with van der Waals surface area (Å²) in [5.41, 5.74) is 17.2. The van der Waals surface area contributed by atoms with Crippen LogP contribution in [0, 0.1) is 0 Å². The van der Waals surface area contributed by atoms with Gasteiger partial charge in [0.05, 0.1) is 11.4 Å². The van der Waals surface area contributed by atoms with Crippen LogP contribution >= 0.6 is 0 Å². The lowest BCUT2D eigenvalue weighted by atomic mass is 9.78. The van der Waals surface area contributed by atoms with E-state index in [0.29, 0.717) is 0 Å². The molecule has 0 fully saturated rings. The summed E-state index contributed by atoms with van der Waals surface area (Å²) >= 11 is 0. The van der Waals surface area contributed by atoms with Gasteiger partial charge < -0.3 is 0 Å². The maximum absolute atomic E-state index is 5.02. The van der Waals surface area contributed by atoms with Crippen LogP contribution in [0.2, 0.25) is 0 Å². The van der Waals surface area contributed by atoms with Crippen molar-refractivity contribution in [3.05, 3.63) is 168 Å². The van der Waals surface area contributed by atoms with E-state index in [1.54, 1.807) is 0 Å². The molecule has 8 aromatic rings. The number of benzene rings is 6. The van der Waals surface area contributed by atoms with E-state index in [-0.39, 0.29) is 10.8 Å². The van der Waals surface area contributed by atoms with E-state index >= 15 is 0 Å². The molecule has 238 valence electrons. The summed E-state index contributed by atoms with van der Waals surface area (Å²) in [4.78, 5) is 10.0. The SMILES string of the molecule is CC1(C)c2ccccc2-c2cc3c(-c4ccccn4)c4cc5c(cc4c(-c4ccccn4)c3cc21)C(C)(C)c1cc(-c2ccccc2)ccc1-5. The molecule has 2 aliphatic carbocycles. The van der Waals surface area contributed by atoms with Gasteiger partial charge in [0.15, 0.2) is 0 Å². The van der Waals surface area contributed by atoms with Gasteiger partial charge in [0.2, 0.25) is 0 Å². The second kappa shape index (κ2) is 10.3. The average Bonchev–Trinajstić information content (AvgIpc) is 3.51. The second-order valence-electron chi connectivity index (χ2n) is 15.0. The van der Waals surface area contributed by atoms with E-state index in [9.17, 15) is 0 Å². The average molecular weight is 641 g/mol. The Hall–Kier alpha value is -5.86. The molecule has 0 unspecified atom stereocenters. The number of fused-ring (bicyclic) bond motifs is 8. The summed E-state index contributed by atoms with van der Waals surface area (Å²) in [6, 6.07) is 49.1. The molecule has 6 aromatic carbocycles. The smallest absolute Gasteiger partial charge is 0.0714 e. The van der Waals surface area contributed by atoms with Gasteiger partial charge in [-0.25, -0.2) is 0 Å². The maximum atomic E-state index is 5.02. The standard InChI is InChI=1S/C48H36N2/c1-47(2)39-17-9-8-16-31(39)33-25-35-37(27-41(33)47)46(44-19-11-13-23-50-44)38-28-42-34(26-36(38)45(35)43-18-10-12-22-49-43)32-21-20-30(24-40(32)48(42,3)4)29-14-6-5-7-15-29/h5-28H,1-4H3. The first-order valence-corrected chi connectivity index (χ1v) is 17.6. The van der Waals surface area contributed by atoms with Crippen LogP contribution in [0.4, 0.5) is 0 Å². The van der Waals surface area contributed by atoms with Crippen molar-refractivity contribution in [1.29, 1.82) is 0 Å². The number of aromatic nitrogens is 2. The molecule has 0 N–H and O–H groups in total. The Morgan fingerprint density at radius 3 is 1.42 bits per heavy atom. The maximum Gasteiger partial charge on any atom is 0.0714 e. The summed E-state index contributed by atoms with van der Waals surface area (Å²) in [5, 5.41) is 4.85. The predicted octanol–water partition coefficient (Wildman–Crippen LogP) is 12.4. The van der Waals surface area contributed by atoms with Gasteiger partial charge in [-0.3, -0.25) is 9.97 Å². The van der Waals surface area contributed by atoms with Crippen LogP contribution in [0.3, 0.4) is 0 Å². The summed E-state index contributed by atoms with van der Waals surface area (Å²) in [6.07, 6.45) is 3.84. The minimum absolute atomic E-state index is 0.125. The van der Waals surface area contributed by atoms with Crippen LogP contribution in [0.25, 0.3) is 77.4 Å². The van der Waals surface area contributed by atoms with Crippen LogP contribution in [-0.4, -0.2) is 9.97 Å². The molecule has 0 saturated carbocycles. The Kier molecular flexibility index (Phi) is 6.01. The van der Waals surface area contributed by atoms with Crippen molar-refractivity contribution in [2.75, 3.05) is 0 Å². The minimum atomic E-state index is -0.188. The minimum Gasteiger partial charge on any atom is -0.256 e. The molecule has 0 aliphatic heterocycles. The summed E-state index contributed by atoms with van der Waals surface area (Å²) < 4.78 is 0. The molecule has 2 heteroatoms. The van der Waals surface area contributed by atoms with Crippen LogP contribution < -0.4 is 0 Å². The highest BCUT2D eigenvalue weighted by Crippen LogP contribution is 2.56. The first-order chi connectivity index (χ1) is 24.3. The zero-order chi connectivity index (χ0) is 33.8. The highest BCUT2D eigenvalue weighted by molar-refractivity contribution is 6.23. The molecule has 2 heterocycles. The zero-order valence-corrected chi connectivity index (χ0v) is 28.8. The fourth-order valence-corrected chi connectivity index (χ4v) is 9.03. The van der Waals surface area contributed by atoms with E-state index in [4.69, 9.17) is 9.97 Å². The first kappa shape index (κ1) is 29.1. The number of nitrogens with zero attached hydrogens (tertiary/aromatic N) is 2. The molecule has 0 amide bonds. The largest absolute Gasteiger partial charge is 0.256 e. The zero-order valence-electron chi connectivity index (χ0n) is 28.8. The predicted molar refractivity (Wildman–Crippen MR) is 208 cm³/mol. The Bertz CT molecular complexity index is 2670. The van der Waals surface area contributed by atoms with Crippen LogP contribution in [-0.2, 0) is 10.8 Å². The monoisotopic (exact) mass is 640 g/mol. The first-order valence-electron chi connectivity index (χ1n) is 17.6. The Balaban J connectivity index is 1.36. The number of hydrogen-bond donors (Lipinski definition) is 0. The third kappa shape index (κ3) is 3.96. The van der Waals surface area contributed by atoms with Gasteiger partial charge in [0.1, 0.15) is 0 Å². The number of rotatable bonds is 3. The van der Waals surface area contributed by atoms with Crippen molar-refractivity contribution in [2.24, 2.45) is 0 Å². The highest BCUT2D eigenvalue weighted by Gasteiger charge is 2.39. The molecule has 50 heavy (non-hydrogen) atoms. The number of hydrogen-bond acceptors (Lipinski definition) is 2. The van der Waals surface area contributed by atoms with Crippen molar-refractivity contribution in [1.82, 2.24) is 9.97 Å². The van der Waals surface area contributed by atoms with Crippen molar-refractivity contribution in [2.45, 2.75) is 38.5 Å². The van der Waals surface area contributed by atoms with Gasteiger partial charge >= 0.3 is 0 Å². The van der Waals surface area contributed by atoms with Crippen molar-refractivity contribution in [3.63, 3.8) is 0 Å². The van der Waals surface area contributed by atoms with E-state index in [0.717, 1.165) is 11.4 Å². The van der Waals surface area contributed by atoms with Gasteiger partial charge in [-0.15, -0.1) is 0 Å². The van der Waals surface area contributed by atoms with E-state index < -0.39 is 0 Å². The van der Waals surface area contributed by atoms with Crippen LogP contribution in [0.1, 0.15) is 49.9 Å². The van der Waals surface area contributed by atoms with Gasteiger partial charge in [-0.2, -0.15) is 0 Å². The molecule has 0 radical (unpaired) electrons. The fraction of sp³-hybridized carbons (Fsp3) is 0.125. The van der Waals surface area contributed by atoms with Crippen molar-refractivity contribution in [3.8, 4) is 55.9 Å². The van der Waals surface area contributed by atoms with Gasteiger partial charge in [-0.1, -0.05) is 107 Å². The fourth-order valence-electron chi connectivity index (χ4n) is 9.03. The Morgan fingerprint density at radius 1 is 0.360 bits per heavy atom. The van der Waals surface area contributed by atoms with Crippen LogP contribution in [0.15, 0.2) is 146 Å². The lowest BCUT2D eigenvalue weighted by molar-refractivity contribution is 0.661. The van der Waals surface area contributed by atoms with Gasteiger partial charge in [0, 0.05) is 34.4 Å². The van der Waals surface area contributed by atoms with E-state index in [1.165, 1.54) is 88.3 Å². The lowest BCUT2D eigenvalue weighted by Gasteiger charge is -2.25. The summed E-state index contributed by atoms with van der Waals surface area (Å²) in [5.74, 6) is 0. The van der Waals surface area contributed by atoms with E-state index in [1.807, 2.05) is 24.5 Å². The molecular formula is C48H36N2.